The van der Waals surface area contributed by atoms with Gasteiger partial charge in [-0.3, -0.25) is 14.5 Å². The number of rotatable bonds is 3. The third-order valence-corrected chi connectivity index (χ3v) is 3.63. The van der Waals surface area contributed by atoms with Gasteiger partial charge >= 0.3 is 0 Å². The van der Waals surface area contributed by atoms with Crippen LogP contribution in [0.5, 0.6) is 0 Å². The van der Waals surface area contributed by atoms with Crippen molar-refractivity contribution in [3.8, 4) is 0 Å². The predicted molar refractivity (Wildman–Crippen MR) is 54.1 cm³/mol. The Morgan fingerprint density at radius 1 is 1.29 bits per heavy atom. The lowest BCUT2D eigenvalue weighted by Crippen LogP contribution is -2.41. The second kappa shape index (κ2) is 4.33. The molecule has 0 bridgehead atoms. The number of β-amino-alcohol motifs (C(OH)–C–C–N with tert-alkyl or cyclic N) is 1. The Kier molecular flexibility index (Phi) is 3.16. The van der Waals surface area contributed by atoms with E-state index in [1.54, 1.807) is 0 Å². The largest absolute Gasteiger partial charge is 0.385 e. The van der Waals surface area contributed by atoms with Gasteiger partial charge in [0.25, 0.3) is 6.43 Å². The number of carbonyl (C=O) groups is 2. The Bertz CT molecular complexity index is 324. The molecule has 1 aliphatic heterocycles. The molecule has 3 unspecified atom stereocenters. The molecule has 3 atom stereocenters. The van der Waals surface area contributed by atoms with Crippen molar-refractivity contribution in [1.29, 1.82) is 0 Å². The van der Waals surface area contributed by atoms with Gasteiger partial charge in [0.2, 0.25) is 11.8 Å². The van der Waals surface area contributed by atoms with E-state index in [0.717, 1.165) is 4.90 Å². The fourth-order valence-corrected chi connectivity index (χ4v) is 2.79. The van der Waals surface area contributed by atoms with Crippen LogP contribution >= 0.6 is 0 Å². The first-order valence-corrected chi connectivity index (χ1v) is 5.73. The molecular formula is C11H15F2NO3. The predicted octanol–water partition coefficient (Wildman–Crippen LogP) is 0.643. The van der Waals surface area contributed by atoms with Gasteiger partial charge in [-0.25, -0.2) is 8.78 Å². The highest BCUT2D eigenvalue weighted by Gasteiger charge is 2.52. The summed E-state index contributed by atoms with van der Waals surface area (Å²) in [6.45, 7) is 1.38. The average Bonchev–Trinajstić information content (AvgIpc) is 2.73. The van der Waals surface area contributed by atoms with E-state index in [4.69, 9.17) is 5.11 Å². The lowest BCUT2D eigenvalue weighted by molar-refractivity contribution is -0.143. The van der Waals surface area contributed by atoms with Gasteiger partial charge in [-0.15, -0.1) is 0 Å². The standard InChI is InChI=1S/C11H15F2NO3/c1-5-2-6-7(3-5)11(17)14(10(6)16)4-8(15)9(12)13/h5-9,15H,2-4H2,1H3. The summed E-state index contributed by atoms with van der Waals surface area (Å²) in [5, 5.41) is 9.04. The Morgan fingerprint density at radius 3 is 2.18 bits per heavy atom. The molecule has 2 amide bonds. The second-order valence-corrected chi connectivity index (χ2v) is 4.98. The smallest absolute Gasteiger partial charge is 0.265 e. The summed E-state index contributed by atoms with van der Waals surface area (Å²) in [5.41, 5.74) is 0. The molecule has 0 aromatic rings. The van der Waals surface area contributed by atoms with Crippen LogP contribution in [-0.2, 0) is 9.59 Å². The fraction of sp³-hybridized carbons (Fsp3) is 0.818. The zero-order valence-electron chi connectivity index (χ0n) is 9.47. The van der Waals surface area contributed by atoms with Crippen molar-refractivity contribution < 1.29 is 23.5 Å². The number of alkyl halides is 2. The number of hydrogen-bond acceptors (Lipinski definition) is 3. The van der Waals surface area contributed by atoms with Crippen molar-refractivity contribution in [2.45, 2.75) is 32.3 Å². The minimum atomic E-state index is -2.94. The molecule has 1 saturated carbocycles. The summed E-state index contributed by atoms with van der Waals surface area (Å²) in [6, 6.07) is 0. The summed E-state index contributed by atoms with van der Waals surface area (Å²) in [5.74, 6) is -1.20. The van der Waals surface area contributed by atoms with Gasteiger partial charge in [0.15, 0.2) is 0 Å². The van der Waals surface area contributed by atoms with Crippen molar-refractivity contribution in [3.63, 3.8) is 0 Å². The third kappa shape index (κ3) is 2.06. The molecule has 2 fully saturated rings. The van der Waals surface area contributed by atoms with Crippen molar-refractivity contribution in [2.24, 2.45) is 17.8 Å². The number of hydrogen-bond donors (Lipinski definition) is 1. The van der Waals surface area contributed by atoms with Gasteiger partial charge in [-0.05, 0) is 18.8 Å². The van der Waals surface area contributed by atoms with Crippen LogP contribution in [-0.4, -0.2) is 40.9 Å². The van der Waals surface area contributed by atoms with E-state index in [-0.39, 0.29) is 11.8 Å². The normalized spacial score (nSPS) is 34.6. The van der Waals surface area contributed by atoms with Crippen LogP contribution in [0, 0.1) is 17.8 Å². The lowest BCUT2D eigenvalue weighted by atomic mass is 10.00. The zero-order chi connectivity index (χ0) is 12.7. The number of nitrogens with zero attached hydrogens (tertiary/aromatic N) is 1. The molecule has 2 rings (SSSR count). The molecule has 0 aromatic heterocycles. The molecule has 1 N–H and O–H groups in total. The van der Waals surface area contributed by atoms with Gasteiger partial charge in [-0.1, -0.05) is 6.92 Å². The number of imide groups is 1. The van der Waals surface area contributed by atoms with Gasteiger partial charge in [0.1, 0.15) is 6.10 Å². The highest BCUT2D eigenvalue weighted by molar-refractivity contribution is 6.05. The van der Waals surface area contributed by atoms with Crippen molar-refractivity contribution in [2.75, 3.05) is 6.54 Å². The second-order valence-electron chi connectivity index (χ2n) is 4.98. The first kappa shape index (κ1) is 12.4. The molecule has 96 valence electrons. The van der Waals surface area contributed by atoms with Crippen LogP contribution in [0.3, 0.4) is 0 Å². The van der Waals surface area contributed by atoms with Gasteiger partial charge < -0.3 is 5.11 Å². The van der Waals surface area contributed by atoms with Crippen molar-refractivity contribution in [1.82, 2.24) is 4.90 Å². The van der Waals surface area contributed by atoms with Crippen molar-refractivity contribution >= 4 is 11.8 Å². The van der Waals surface area contributed by atoms with Gasteiger partial charge in [0, 0.05) is 0 Å². The minimum absolute atomic E-state index is 0.320. The topological polar surface area (TPSA) is 57.6 Å². The van der Waals surface area contributed by atoms with E-state index in [0.29, 0.717) is 18.8 Å². The maximum Gasteiger partial charge on any atom is 0.265 e. The minimum Gasteiger partial charge on any atom is -0.385 e. The Labute approximate surface area is 97.6 Å². The van der Waals surface area contributed by atoms with Gasteiger partial charge in [0.05, 0.1) is 18.4 Å². The molecule has 1 saturated heterocycles. The highest BCUT2D eigenvalue weighted by Crippen LogP contribution is 2.42. The molecule has 17 heavy (non-hydrogen) atoms. The fourth-order valence-electron chi connectivity index (χ4n) is 2.79. The van der Waals surface area contributed by atoms with Crippen LogP contribution in [0.1, 0.15) is 19.8 Å². The average molecular weight is 247 g/mol. The Hall–Kier alpha value is -1.04. The molecule has 6 heteroatoms. The number of aliphatic hydroxyl groups is 1. The first-order valence-electron chi connectivity index (χ1n) is 5.73. The number of fused-ring (bicyclic) bond motifs is 1. The SMILES string of the molecule is CC1CC2C(=O)N(CC(O)C(F)F)C(=O)C2C1. The molecule has 0 aromatic carbocycles. The van der Waals surface area contributed by atoms with E-state index in [1.807, 2.05) is 6.92 Å². The van der Waals surface area contributed by atoms with E-state index in [2.05, 4.69) is 0 Å². The molecular weight excluding hydrogens is 232 g/mol. The van der Waals surface area contributed by atoms with Crippen LogP contribution in [0.2, 0.25) is 0 Å². The Balaban J connectivity index is 2.07. The van der Waals surface area contributed by atoms with Crippen LogP contribution < -0.4 is 0 Å². The maximum atomic E-state index is 12.2. The summed E-state index contributed by atoms with van der Waals surface area (Å²) in [6.07, 6.45) is -3.61. The molecule has 1 heterocycles. The van der Waals surface area contributed by atoms with Crippen molar-refractivity contribution in [3.05, 3.63) is 0 Å². The highest BCUT2D eigenvalue weighted by atomic mass is 19.3. The quantitative estimate of drug-likeness (QED) is 0.745. The molecule has 4 nitrogen and oxygen atoms in total. The summed E-state index contributed by atoms with van der Waals surface area (Å²) in [7, 11) is 0. The summed E-state index contributed by atoms with van der Waals surface area (Å²) in [4.78, 5) is 24.5. The number of amides is 2. The lowest BCUT2D eigenvalue weighted by Gasteiger charge is -2.19. The number of likely N-dealkylation sites (tertiary alicyclic amines) is 1. The third-order valence-electron chi connectivity index (χ3n) is 3.63. The monoisotopic (exact) mass is 247 g/mol. The zero-order valence-corrected chi connectivity index (χ0v) is 9.47. The number of aliphatic hydroxyl groups excluding tert-OH is 1. The molecule has 0 spiro atoms. The van der Waals surface area contributed by atoms with Crippen LogP contribution in [0.25, 0.3) is 0 Å². The first-order chi connectivity index (χ1) is 7.91. The summed E-state index contributed by atoms with van der Waals surface area (Å²) >= 11 is 0. The molecule has 1 aliphatic carbocycles. The van der Waals surface area contributed by atoms with E-state index >= 15 is 0 Å². The Morgan fingerprint density at radius 2 is 1.76 bits per heavy atom. The van der Waals surface area contributed by atoms with E-state index < -0.39 is 30.9 Å². The summed E-state index contributed by atoms with van der Waals surface area (Å²) < 4.78 is 24.4. The number of halogens is 2. The van der Waals surface area contributed by atoms with E-state index in [9.17, 15) is 18.4 Å². The number of carbonyl (C=O) groups excluding carboxylic acids is 2. The maximum absolute atomic E-state index is 12.2. The van der Waals surface area contributed by atoms with Crippen LogP contribution in [0.15, 0.2) is 0 Å². The van der Waals surface area contributed by atoms with E-state index in [1.165, 1.54) is 0 Å². The van der Waals surface area contributed by atoms with Crippen LogP contribution in [0.4, 0.5) is 8.78 Å². The van der Waals surface area contributed by atoms with Gasteiger partial charge in [-0.2, -0.15) is 0 Å². The molecule has 2 aliphatic rings. The molecule has 0 radical (unpaired) electrons.